The van der Waals surface area contributed by atoms with Gasteiger partial charge in [0.25, 0.3) is 0 Å². The van der Waals surface area contributed by atoms with E-state index >= 15 is 0 Å². The molecule has 1 unspecified atom stereocenters. The van der Waals surface area contributed by atoms with Gasteiger partial charge in [-0.25, -0.2) is 9.19 Å². The Morgan fingerprint density at radius 2 is 1.97 bits per heavy atom. The number of hydrogen-bond acceptors (Lipinski definition) is 4. The number of nitrogens with zero attached hydrogens (tertiary/aromatic N) is 3. The SMILES string of the molecule is Cc1nc(N2CCC3(CCC[C@@H]3CC(C)(C)S(N)=O)CC2)cnc1-c1cccc(Cl)c1Cl. The topological polar surface area (TPSA) is 72.1 Å². The lowest BCUT2D eigenvalue weighted by Gasteiger charge is -2.45. The lowest BCUT2D eigenvalue weighted by Crippen LogP contribution is -2.45. The van der Waals surface area contributed by atoms with E-state index in [-0.39, 0.29) is 4.75 Å². The predicted molar refractivity (Wildman–Crippen MR) is 134 cm³/mol. The molecule has 1 aromatic carbocycles. The van der Waals surface area contributed by atoms with Crippen molar-refractivity contribution in [1.82, 2.24) is 9.97 Å². The van der Waals surface area contributed by atoms with Crippen LogP contribution in [0.4, 0.5) is 5.82 Å². The summed E-state index contributed by atoms with van der Waals surface area (Å²) in [6.07, 6.45) is 8.78. The molecule has 5 nitrogen and oxygen atoms in total. The van der Waals surface area contributed by atoms with Gasteiger partial charge in [0.2, 0.25) is 0 Å². The molecule has 4 rings (SSSR count). The van der Waals surface area contributed by atoms with Crippen LogP contribution in [0.25, 0.3) is 11.3 Å². The summed E-state index contributed by atoms with van der Waals surface area (Å²) < 4.78 is 11.7. The normalized spacial score (nSPS) is 21.8. The number of piperidine rings is 1. The van der Waals surface area contributed by atoms with E-state index in [4.69, 9.17) is 38.3 Å². The molecule has 0 bridgehead atoms. The number of anilines is 1. The fourth-order valence-corrected chi connectivity index (χ4v) is 6.37. The molecule has 2 heterocycles. The van der Waals surface area contributed by atoms with E-state index < -0.39 is 11.0 Å². The average Bonchev–Trinajstić information content (AvgIpc) is 3.11. The van der Waals surface area contributed by atoms with Crippen molar-refractivity contribution in [2.24, 2.45) is 16.5 Å². The largest absolute Gasteiger partial charge is 0.355 e. The minimum atomic E-state index is -1.30. The summed E-state index contributed by atoms with van der Waals surface area (Å²) in [4.78, 5) is 11.9. The molecule has 1 aliphatic heterocycles. The molecule has 0 amide bonds. The number of nitrogens with two attached hydrogens (primary N) is 1. The quantitative estimate of drug-likeness (QED) is 0.558. The lowest BCUT2D eigenvalue weighted by atomic mass is 9.68. The smallest absolute Gasteiger partial charge is 0.147 e. The van der Waals surface area contributed by atoms with E-state index in [2.05, 4.69) is 4.90 Å². The second-order valence-electron chi connectivity index (χ2n) is 9.96. The fraction of sp³-hybridized carbons (Fsp3) is 0.583. The van der Waals surface area contributed by atoms with Gasteiger partial charge >= 0.3 is 0 Å². The lowest BCUT2D eigenvalue weighted by molar-refractivity contribution is 0.134. The minimum Gasteiger partial charge on any atom is -0.355 e. The van der Waals surface area contributed by atoms with Crippen LogP contribution < -0.4 is 10.0 Å². The number of benzene rings is 1. The molecule has 2 atom stereocenters. The van der Waals surface area contributed by atoms with Crippen LogP contribution in [0, 0.1) is 18.3 Å². The van der Waals surface area contributed by atoms with Gasteiger partial charge in [-0.2, -0.15) is 0 Å². The van der Waals surface area contributed by atoms with Gasteiger partial charge in [-0.1, -0.05) is 41.8 Å². The third-order valence-corrected chi connectivity index (χ3v) is 9.67. The molecule has 1 aliphatic carbocycles. The summed E-state index contributed by atoms with van der Waals surface area (Å²) in [7, 11) is -1.30. The van der Waals surface area contributed by atoms with Crippen LogP contribution in [0.3, 0.4) is 0 Å². The Bertz CT molecular complexity index is 1020. The van der Waals surface area contributed by atoms with Crippen molar-refractivity contribution >= 4 is 40.0 Å². The molecule has 2 aromatic rings. The van der Waals surface area contributed by atoms with E-state index in [9.17, 15) is 4.21 Å². The first-order chi connectivity index (χ1) is 15.1. The molecule has 1 aromatic heterocycles. The second kappa shape index (κ2) is 9.21. The first-order valence-electron chi connectivity index (χ1n) is 11.3. The van der Waals surface area contributed by atoms with Crippen molar-refractivity contribution in [3.63, 3.8) is 0 Å². The third-order valence-electron chi connectivity index (χ3n) is 7.60. The van der Waals surface area contributed by atoms with Crippen LogP contribution in [0.5, 0.6) is 0 Å². The van der Waals surface area contributed by atoms with Crippen molar-refractivity contribution in [1.29, 1.82) is 0 Å². The molecule has 1 saturated carbocycles. The van der Waals surface area contributed by atoms with Crippen molar-refractivity contribution in [2.75, 3.05) is 18.0 Å². The van der Waals surface area contributed by atoms with Gasteiger partial charge in [-0.05, 0) is 70.3 Å². The maximum Gasteiger partial charge on any atom is 0.147 e. The number of rotatable bonds is 5. The Morgan fingerprint density at radius 3 is 2.62 bits per heavy atom. The van der Waals surface area contributed by atoms with Crippen molar-refractivity contribution in [3.8, 4) is 11.3 Å². The van der Waals surface area contributed by atoms with E-state index in [1.807, 2.05) is 39.1 Å². The van der Waals surface area contributed by atoms with Crippen LogP contribution in [0.2, 0.25) is 10.0 Å². The molecule has 32 heavy (non-hydrogen) atoms. The summed E-state index contributed by atoms with van der Waals surface area (Å²) in [6, 6.07) is 5.57. The average molecular weight is 496 g/mol. The number of hydrogen-bond donors (Lipinski definition) is 1. The van der Waals surface area contributed by atoms with Crippen molar-refractivity contribution in [2.45, 2.75) is 64.0 Å². The van der Waals surface area contributed by atoms with Gasteiger partial charge in [0.15, 0.2) is 0 Å². The molecule has 0 radical (unpaired) electrons. The summed E-state index contributed by atoms with van der Waals surface area (Å²) in [5.74, 6) is 1.50. The highest BCUT2D eigenvalue weighted by Crippen LogP contribution is 2.53. The van der Waals surface area contributed by atoms with E-state index in [0.29, 0.717) is 21.4 Å². The third kappa shape index (κ3) is 4.56. The maximum absolute atomic E-state index is 12.0. The maximum atomic E-state index is 12.0. The van der Waals surface area contributed by atoms with Gasteiger partial charge in [0, 0.05) is 18.7 Å². The summed E-state index contributed by atoms with van der Waals surface area (Å²) >= 11 is 12.6. The molecule has 2 aliphatic rings. The number of aryl methyl sites for hydroxylation is 1. The Kier molecular flexibility index (Phi) is 6.88. The molecule has 1 spiro atoms. The highest BCUT2D eigenvalue weighted by Gasteiger charge is 2.47. The molecule has 2 N–H and O–H groups in total. The molecular formula is C24H32Cl2N4OS. The van der Waals surface area contributed by atoms with Gasteiger partial charge in [-0.3, -0.25) is 10.1 Å². The van der Waals surface area contributed by atoms with Crippen molar-refractivity contribution < 1.29 is 4.21 Å². The summed E-state index contributed by atoms with van der Waals surface area (Å²) in [5.41, 5.74) is 2.76. The van der Waals surface area contributed by atoms with Gasteiger partial charge in [0.05, 0.1) is 43.4 Å². The predicted octanol–water partition coefficient (Wildman–Crippen LogP) is 5.94. The summed E-state index contributed by atoms with van der Waals surface area (Å²) in [5, 5.41) is 6.81. The minimum absolute atomic E-state index is 0.334. The molecule has 8 heteroatoms. The summed E-state index contributed by atoms with van der Waals surface area (Å²) in [6.45, 7) is 7.98. The van der Waals surface area contributed by atoms with Gasteiger partial charge in [0.1, 0.15) is 5.82 Å². The zero-order valence-electron chi connectivity index (χ0n) is 19.0. The van der Waals surface area contributed by atoms with Gasteiger partial charge < -0.3 is 4.90 Å². The highest BCUT2D eigenvalue weighted by molar-refractivity contribution is 7.84. The molecular weight excluding hydrogens is 463 g/mol. The van der Waals surface area contributed by atoms with Crippen LogP contribution >= 0.6 is 23.2 Å². The Balaban J connectivity index is 1.48. The van der Waals surface area contributed by atoms with Crippen molar-refractivity contribution in [3.05, 3.63) is 40.1 Å². The van der Waals surface area contributed by atoms with Gasteiger partial charge in [-0.15, -0.1) is 0 Å². The monoisotopic (exact) mass is 494 g/mol. The zero-order valence-corrected chi connectivity index (χ0v) is 21.4. The van der Waals surface area contributed by atoms with Crippen LogP contribution in [0.15, 0.2) is 24.4 Å². The highest BCUT2D eigenvalue weighted by atomic mass is 35.5. The molecule has 174 valence electrons. The first kappa shape index (κ1) is 23.9. The Hall–Kier alpha value is -1.21. The first-order valence-corrected chi connectivity index (χ1v) is 13.3. The van der Waals surface area contributed by atoms with Crippen LogP contribution in [0.1, 0.15) is 58.1 Å². The fourth-order valence-electron chi connectivity index (χ4n) is 5.62. The van der Waals surface area contributed by atoms with Crippen LogP contribution in [-0.4, -0.2) is 32.0 Å². The van der Waals surface area contributed by atoms with E-state index in [1.54, 1.807) is 6.07 Å². The Labute approximate surface area is 203 Å². The standard InChI is InChI=1S/C24H32Cl2N4OS/c1-16-22(18-7-4-8-19(25)21(18)26)28-15-20(29-16)30-12-10-24(11-13-30)9-5-6-17(24)14-23(2,3)32(27)31/h4,7-8,15,17H,5-6,9-14,27H2,1-3H3/t17-,32?/m1/s1. The molecule has 2 fully saturated rings. The number of halogens is 2. The van der Waals surface area contributed by atoms with Crippen LogP contribution in [-0.2, 0) is 11.0 Å². The zero-order chi connectivity index (χ0) is 23.1. The van der Waals surface area contributed by atoms with E-state index in [0.717, 1.165) is 55.1 Å². The second-order valence-corrected chi connectivity index (χ2v) is 12.4. The Morgan fingerprint density at radius 1 is 1.25 bits per heavy atom. The molecule has 1 saturated heterocycles. The van der Waals surface area contributed by atoms with E-state index in [1.165, 1.54) is 19.3 Å². The number of aromatic nitrogens is 2.